The van der Waals surface area contributed by atoms with Crippen molar-refractivity contribution in [3.63, 3.8) is 0 Å². The van der Waals surface area contributed by atoms with Crippen LogP contribution in [0.1, 0.15) is 96.8 Å². The number of hydrogen-bond donors (Lipinski definition) is 0. The van der Waals surface area contributed by atoms with E-state index in [1.807, 2.05) is 0 Å². The number of rotatable bonds is 13. The molecule has 0 aliphatic rings. The Morgan fingerprint density at radius 3 is 1.14 bits per heavy atom. The summed E-state index contributed by atoms with van der Waals surface area (Å²) in [5.41, 5.74) is 0. The Morgan fingerprint density at radius 1 is 0.682 bits per heavy atom. The van der Waals surface area contributed by atoms with Gasteiger partial charge in [-0.1, -0.05) is 90.4 Å². The molecule has 0 spiro atoms. The van der Waals surface area contributed by atoms with Gasteiger partial charge in [0.15, 0.2) is 0 Å². The zero-order valence-electron chi connectivity index (χ0n) is 14.6. The predicted molar refractivity (Wildman–Crippen MR) is 86.1 cm³/mol. The van der Waals surface area contributed by atoms with Crippen LogP contribution in [0.25, 0.3) is 0 Å². The van der Waals surface area contributed by atoms with E-state index < -0.39 is 10.4 Å². The molecule has 0 saturated carbocycles. The first kappa shape index (κ1) is 27.7. The van der Waals surface area contributed by atoms with Crippen LogP contribution in [0.3, 0.4) is 0 Å². The molecule has 0 rings (SSSR count). The molecule has 0 aliphatic carbocycles. The summed E-state index contributed by atoms with van der Waals surface area (Å²) in [6.07, 6.45) is 19.8. The first-order valence-electron chi connectivity index (χ1n) is 8.37. The van der Waals surface area contributed by atoms with Gasteiger partial charge >= 0.3 is 29.6 Å². The SMILES string of the molecule is O=S(=O)([O-])[O-].[CH2-]CCCCCCCCCCCCCCC.[Na+]. The van der Waals surface area contributed by atoms with Crippen molar-refractivity contribution in [2.75, 3.05) is 0 Å². The van der Waals surface area contributed by atoms with Crippen LogP contribution in [0.2, 0.25) is 0 Å². The summed E-state index contributed by atoms with van der Waals surface area (Å²) in [5, 5.41) is 0. The molecule has 6 heteroatoms. The van der Waals surface area contributed by atoms with Gasteiger partial charge in [0.1, 0.15) is 0 Å². The molecule has 0 aliphatic heterocycles. The second-order valence-corrected chi connectivity index (χ2v) is 6.32. The molecule has 0 fully saturated rings. The largest absolute Gasteiger partial charge is 1.00 e. The van der Waals surface area contributed by atoms with Crippen molar-refractivity contribution in [1.29, 1.82) is 0 Å². The molecule has 0 aromatic rings. The van der Waals surface area contributed by atoms with Gasteiger partial charge in [-0.3, -0.25) is 8.42 Å². The molecule has 130 valence electrons. The van der Waals surface area contributed by atoms with E-state index in [4.69, 9.17) is 17.5 Å². The molecule has 0 amide bonds. The van der Waals surface area contributed by atoms with Crippen LogP contribution in [0.15, 0.2) is 0 Å². The van der Waals surface area contributed by atoms with E-state index >= 15 is 0 Å². The summed E-state index contributed by atoms with van der Waals surface area (Å²) in [6, 6.07) is 0. The Morgan fingerprint density at radius 2 is 0.909 bits per heavy atom. The van der Waals surface area contributed by atoms with Crippen LogP contribution < -0.4 is 29.6 Å². The van der Waals surface area contributed by atoms with Crippen molar-refractivity contribution in [2.45, 2.75) is 96.8 Å². The van der Waals surface area contributed by atoms with Crippen molar-refractivity contribution in [3.8, 4) is 0 Å². The Labute approximate surface area is 160 Å². The third-order valence-electron chi connectivity index (χ3n) is 3.35. The van der Waals surface area contributed by atoms with Crippen LogP contribution >= 0.6 is 0 Å². The van der Waals surface area contributed by atoms with Gasteiger partial charge in [0.05, 0.1) is 0 Å². The van der Waals surface area contributed by atoms with E-state index in [1.165, 1.54) is 83.5 Å². The molecule has 0 aromatic heterocycles. The van der Waals surface area contributed by atoms with E-state index in [0.717, 1.165) is 6.42 Å². The molecule has 4 nitrogen and oxygen atoms in total. The van der Waals surface area contributed by atoms with Gasteiger partial charge in [-0.25, -0.2) is 0 Å². The summed E-state index contributed by atoms with van der Waals surface area (Å²) in [4.78, 5) is 0. The van der Waals surface area contributed by atoms with Gasteiger partial charge in [0, 0.05) is 10.4 Å². The fourth-order valence-corrected chi connectivity index (χ4v) is 2.19. The fraction of sp³-hybridized carbons (Fsp3) is 0.938. The van der Waals surface area contributed by atoms with Crippen molar-refractivity contribution >= 4 is 10.4 Å². The van der Waals surface area contributed by atoms with E-state index in [2.05, 4.69) is 13.8 Å². The minimum atomic E-state index is -5.17. The molecular weight excluding hydrogens is 311 g/mol. The summed E-state index contributed by atoms with van der Waals surface area (Å²) in [5.74, 6) is 0. The molecule has 22 heavy (non-hydrogen) atoms. The van der Waals surface area contributed by atoms with Gasteiger partial charge in [-0.05, 0) is 0 Å². The minimum Gasteiger partial charge on any atom is -0.759 e. The first-order valence-corrected chi connectivity index (χ1v) is 9.71. The quantitative estimate of drug-likeness (QED) is 0.168. The summed E-state index contributed by atoms with van der Waals surface area (Å²) >= 11 is 0. The summed E-state index contributed by atoms with van der Waals surface area (Å²) in [7, 11) is -5.17. The van der Waals surface area contributed by atoms with Crippen LogP contribution in [0.4, 0.5) is 0 Å². The van der Waals surface area contributed by atoms with E-state index in [9.17, 15) is 0 Å². The van der Waals surface area contributed by atoms with Crippen LogP contribution in [0.5, 0.6) is 0 Å². The van der Waals surface area contributed by atoms with Gasteiger partial charge in [0.2, 0.25) is 0 Å². The Hall–Kier alpha value is 0.870. The first-order chi connectivity index (χ1) is 9.91. The monoisotopic (exact) mass is 344 g/mol. The Kier molecular flexibility index (Phi) is 27.5. The van der Waals surface area contributed by atoms with Gasteiger partial charge in [-0.15, -0.1) is 0 Å². The molecular formula is C16H33NaO4S-2. The third kappa shape index (κ3) is 42.8. The average Bonchev–Trinajstić information content (AvgIpc) is 2.38. The molecule has 0 saturated heterocycles. The van der Waals surface area contributed by atoms with Crippen LogP contribution in [-0.4, -0.2) is 17.5 Å². The Bertz CT molecular complexity index is 260. The maximum atomic E-state index is 8.52. The van der Waals surface area contributed by atoms with Gasteiger partial charge in [-0.2, -0.15) is 6.42 Å². The molecule has 0 atom stereocenters. The zero-order chi connectivity index (χ0) is 16.4. The maximum Gasteiger partial charge on any atom is 1.00 e. The standard InChI is InChI=1S/C16H33.Na.H2O4S/c1-3-5-7-9-11-13-15-16-14-12-10-8-6-4-2;;1-5(2,3)4/h1,3-16H2,2H3;;(H2,1,2,3,4)/q-1;+1;/p-2. The maximum absolute atomic E-state index is 8.52. The van der Waals surface area contributed by atoms with Crippen LogP contribution in [-0.2, 0) is 10.4 Å². The number of hydrogen-bond acceptors (Lipinski definition) is 4. The van der Waals surface area contributed by atoms with E-state index in [0.29, 0.717) is 0 Å². The normalized spacial score (nSPS) is 10.5. The van der Waals surface area contributed by atoms with Crippen molar-refractivity contribution < 1.29 is 47.1 Å². The fourth-order valence-electron chi connectivity index (χ4n) is 2.19. The third-order valence-corrected chi connectivity index (χ3v) is 3.35. The second kappa shape index (κ2) is 21.9. The van der Waals surface area contributed by atoms with Crippen molar-refractivity contribution in [2.24, 2.45) is 0 Å². The average molecular weight is 344 g/mol. The number of unbranched alkanes of at least 4 members (excludes halogenated alkanes) is 13. The predicted octanol–water partition coefficient (Wildman–Crippen LogP) is 1.97. The summed E-state index contributed by atoms with van der Waals surface area (Å²) in [6.45, 7) is 6.16. The van der Waals surface area contributed by atoms with Gasteiger partial charge < -0.3 is 16.0 Å². The molecule has 0 bridgehead atoms. The molecule has 0 aromatic carbocycles. The second-order valence-electron chi connectivity index (χ2n) is 5.50. The molecule has 0 unspecified atom stereocenters. The van der Waals surface area contributed by atoms with E-state index in [1.54, 1.807) is 0 Å². The topological polar surface area (TPSA) is 80.3 Å². The van der Waals surface area contributed by atoms with Crippen LogP contribution in [0, 0.1) is 6.92 Å². The van der Waals surface area contributed by atoms with E-state index in [-0.39, 0.29) is 29.6 Å². The summed E-state index contributed by atoms with van der Waals surface area (Å²) < 4.78 is 34.1. The minimum absolute atomic E-state index is 0. The van der Waals surface area contributed by atoms with Crippen molar-refractivity contribution in [1.82, 2.24) is 0 Å². The smallest absolute Gasteiger partial charge is 0.759 e. The van der Waals surface area contributed by atoms with Crippen molar-refractivity contribution in [3.05, 3.63) is 6.92 Å². The molecule has 0 radical (unpaired) electrons. The zero-order valence-corrected chi connectivity index (χ0v) is 17.5. The molecule has 0 heterocycles. The Balaban J connectivity index is -0.000000520. The van der Waals surface area contributed by atoms with Gasteiger partial charge in [0.25, 0.3) is 0 Å². The molecule has 0 N–H and O–H groups in total.